The molecule has 2 heteroatoms. The largest absolute Gasteiger partial charge is 0.143 e. The van der Waals surface area contributed by atoms with E-state index in [4.69, 9.17) is 0 Å². The summed E-state index contributed by atoms with van der Waals surface area (Å²) in [4.78, 5) is 0. The Morgan fingerprint density at radius 1 is 0.536 bits per heavy atom. The Kier molecular flexibility index (Phi) is 13.9. The van der Waals surface area contributed by atoms with Gasteiger partial charge in [-0.05, 0) is 0 Å². The monoisotopic (exact) mass is 386 g/mol. The highest BCUT2D eigenvalue weighted by Crippen LogP contribution is 2.37. The minimum Gasteiger partial charge on any atom is -0.0739 e. The van der Waals surface area contributed by atoms with Crippen LogP contribution in [-0.4, -0.2) is 13.4 Å². The van der Waals surface area contributed by atoms with Gasteiger partial charge in [0.15, 0.2) is 0 Å². The maximum absolute atomic E-state index is 2.36. The van der Waals surface area contributed by atoms with Crippen molar-refractivity contribution in [3.63, 3.8) is 0 Å². The molecule has 2 aliphatic rings. The van der Waals surface area contributed by atoms with Gasteiger partial charge < -0.3 is 0 Å². The summed E-state index contributed by atoms with van der Waals surface area (Å²) in [7, 11) is 0. The van der Waals surface area contributed by atoms with E-state index in [1.165, 1.54) is 103 Å². The van der Waals surface area contributed by atoms with Gasteiger partial charge in [0.25, 0.3) is 0 Å². The average molecular weight is 386 g/mol. The van der Waals surface area contributed by atoms with Crippen LogP contribution in [0.25, 0.3) is 0 Å². The lowest BCUT2D eigenvalue weighted by molar-refractivity contribution is 0.551. The first-order chi connectivity index (χ1) is 13.8. The molecule has 28 heavy (non-hydrogen) atoms. The number of unbranched alkanes of at least 4 members (excludes halogenated alkanes) is 7. The highest BCUT2D eigenvalue weighted by molar-refractivity contribution is 6.61. The molecule has 0 amide bonds. The van der Waals surface area contributed by atoms with Gasteiger partial charge in [-0.15, -0.1) is 0 Å². The van der Waals surface area contributed by atoms with Crippen molar-refractivity contribution in [2.75, 3.05) is 0 Å². The Morgan fingerprint density at radius 3 is 1.39 bits per heavy atom. The number of hydrogen-bond donors (Lipinski definition) is 0. The molecule has 2 atom stereocenters. The number of rotatable bonds is 15. The fourth-order valence-electron chi connectivity index (χ4n) is 6.54. The van der Waals surface area contributed by atoms with E-state index in [1.54, 1.807) is 38.1 Å². The summed E-state index contributed by atoms with van der Waals surface area (Å²) in [6.45, 7) is 6.90. The van der Waals surface area contributed by atoms with Crippen LogP contribution in [0.15, 0.2) is 0 Å². The van der Waals surface area contributed by atoms with E-state index in [9.17, 15) is 0 Å². The van der Waals surface area contributed by atoms with E-state index < -0.39 is 0 Å². The zero-order chi connectivity index (χ0) is 19.9. The van der Waals surface area contributed by atoms with Gasteiger partial charge in [-0.2, -0.15) is 0 Å². The molecule has 0 N–H and O–H groups in total. The van der Waals surface area contributed by atoms with Gasteiger partial charge in [-0.1, -0.05) is 166 Å². The molecule has 2 fully saturated rings. The van der Waals surface area contributed by atoms with Crippen molar-refractivity contribution in [1.82, 2.24) is 0 Å². The summed E-state index contributed by atoms with van der Waals surface area (Å²) in [5, 5.41) is 0. The van der Waals surface area contributed by atoms with Gasteiger partial charge in [0.05, 0.1) is 0 Å². The van der Waals surface area contributed by atoms with E-state index in [2.05, 4.69) is 13.8 Å². The first-order valence-electron chi connectivity index (χ1n) is 13.8. The van der Waals surface area contributed by atoms with E-state index in [0.717, 1.165) is 25.1 Å². The van der Waals surface area contributed by atoms with Gasteiger partial charge in [0.1, 0.15) is 13.4 Å². The third kappa shape index (κ3) is 9.75. The van der Waals surface area contributed by atoms with Crippen LogP contribution in [0.2, 0.25) is 36.9 Å². The lowest BCUT2D eigenvalue weighted by Gasteiger charge is -2.29. The first kappa shape index (κ1) is 24.4. The highest BCUT2D eigenvalue weighted by atomic mass is 14.1. The van der Waals surface area contributed by atoms with Gasteiger partial charge in [-0.25, -0.2) is 0 Å². The molecule has 2 rings (SSSR count). The third-order valence-corrected chi connectivity index (χ3v) is 8.39. The molecule has 0 aromatic rings. The topological polar surface area (TPSA) is 0 Å². The first-order valence-corrected chi connectivity index (χ1v) is 13.8. The van der Waals surface area contributed by atoms with Crippen LogP contribution in [0.3, 0.4) is 0 Å². The van der Waals surface area contributed by atoms with Crippen molar-refractivity contribution in [2.45, 2.75) is 166 Å². The predicted molar refractivity (Wildman–Crippen MR) is 133 cm³/mol. The molecule has 0 nitrogen and oxygen atoms in total. The lowest BCUT2D eigenvalue weighted by Crippen LogP contribution is -2.24. The van der Waals surface area contributed by atoms with Crippen molar-refractivity contribution < 1.29 is 0 Å². The summed E-state index contributed by atoms with van der Waals surface area (Å²) in [6.07, 6.45) is 33.3. The van der Waals surface area contributed by atoms with E-state index in [-0.39, 0.29) is 0 Å². The van der Waals surface area contributed by atoms with Gasteiger partial charge in [0, 0.05) is 0 Å². The second kappa shape index (κ2) is 15.9. The molecule has 0 saturated carbocycles. The van der Waals surface area contributed by atoms with Crippen LogP contribution in [-0.2, 0) is 0 Å². The van der Waals surface area contributed by atoms with E-state index in [0.29, 0.717) is 0 Å². The second-order valence-corrected chi connectivity index (χ2v) is 10.6. The Balaban J connectivity index is 1.47. The summed E-state index contributed by atoms with van der Waals surface area (Å²) >= 11 is 0. The van der Waals surface area contributed by atoms with Crippen molar-refractivity contribution in [3.8, 4) is 0 Å². The molecule has 2 aliphatic heterocycles. The predicted octanol–water partition coefficient (Wildman–Crippen LogP) is 9.81. The maximum atomic E-state index is 2.36. The van der Waals surface area contributed by atoms with Crippen LogP contribution < -0.4 is 0 Å². The second-order valence-electron chi connectivity index (χ2n) is 10.6. The Bertz CT molecular complexity index is 322. The van der Waals surface area contributed by atoms with Crippen molar-refractivity contribution in [2.24, 2.45) is 0 Å². The van der Waals surface area contributed by atoms with Crippen LogP contribution in [0.5, 0.6) is 0 Å². The molecule has 2 heterocycles. The van der Waals surface area contributed by atoms with Gasteiger partial charge in [-0.3, -0.25) is 0 Å². The minimum absolute atomic E-state index is 1.09. The average Bonchev–Trinajstić information content (AvgIpc) is 2.74. The maximum Gasteiger partial charge on any atom is 0.143 e. The minimum atomic E-state index is 1.09. The van der Waals surface area contributed by atoms with Crippen molar-refractivity contribution >= 4 is 13.4 Å². The summed E-state index contributed by atoms with van der Waals surface area (Å²) < 4.78 is 0. The number of hydrogen-bond acceptors (Lipinski definition) is 0. The third-order valence-electron chi connectivity index (χ3n) is 8.39. The van der Waals surface area contributed by atoms with E-state index >= 15 is 0 Å². The quantitative estimate of drug-likeness (QED) is 0.194. The normalized spacial score (nSPS) is 23.4. The standard InChI is InChI=1S/C26H52B2/c1-3-5-17-25-19-11-15-23-27(25)21-13-9-7-8-10-14-22-28-24-16-12-20-26(28)18-6-4-2/h25-26H,3-24H2,1-2H3. The molecular formula is C26H52B2. The van der Waals surface area contributed by atoms with Crippen LogP contribution >= 0.6 is 0 Å². The molecule has 0 aliphatic carbocycles. The Hall–Kier alpha value is 0.130. The zero-order valence-electron chi connectivity index (χ0n) is 19.9. The SMILES string of the molecule is CCCCC1CCCCB1CCCCCCCCB1CCCCC1CCCC. The Morgan fingerprint density at radius 2 is 0.964 bits per heavy atom. The summed E-state index contributed by atoms with van der Waals surface area (Å²) in [6, 6.07) is 0. The van der Waals surface area contributed by atoms with Crippen molar-refractivity contribution in [1.29, 1.82) is 0 Å². The van der Waals surface area contributed by atoms with Crippen molar-refractivity contribution in [3.05, 3.63) is 0 Å². The molecule has 0 radical (unpaired) electrons. The molecule has 0 aromatic heterocycles. The van der Waals surface area contributed by atoms with Gasteiger partial charge >= 0.3 is 0 Å². The molecular weight excluding hydrogens is 334 g/mol. The Labute approximate surface area is 179 Å². The fraction of sp³-hybridized carbons (Fsp3) is 1.00. The van der Waals surface area contributed by atoms with Gasteiger partial charge in [0.2, 0.25) is 0 Å². The molecule has 162 valence electrons. The summed E-state index contributed by atoms with van der Waals surface area (Å²) in [5.74, 6) is 2.18. The van der Waals surface area contributed by atoms with Crippen LogP contribution in [0, 0.1) is 0 Å². The fourth-order valence-corrected chi connectivity index (χ4v) is 6.54. The molecule has 0 bridgehead atoms. The highest BCUT2D eigenvalue weighted by Gasteiger charge is 2.28. The molecule has 0 spiro atoms. The van der Waals surface area contributed by atoms with E-state index in [1.807, 2.05) is 0 Å². The molecule has 2 saturated heterocycles. The zero-order valence-corrected chi connectivity index (χ0v) is 19.9. The summed E-state index contributed by atoms with van der Waals surface area (Å²) in [5.41, 5.74) is 0. The molecule has 2 unspecified atom stereocenters. The van der Waals surface area contributed by atoms with Crippen LogP contribution in [0.1, 0.15) is 129 Å². The van der Waals surface area contributed by atoms with Crippen LogP contribution in [0.4, 0.5) is 0 Å². The molecule has 0 aromatic carbocycles. The lowest BCUT2D eigenvalue weighted by atomic mass is 9.33. The smallest absolute Gasteiger partial charge is 0.0739 e.